The van der Waals surface area contributed by atoms with Crippen LogP contribution in [0.1, 0.15) is 41.2 Å². The van der Waals surface area contributed by atoms with Gasteiger partial charge in [-0.3, -0.25) is 4.79 Å². The molecule has 2 heterocycles. The minimum Gasteiger partial charge on any atom is -0.332 e. The number of carbonyl (C=O) groups is 1. The highest BCUT2D eigenvalue weighted by atomic mass is 79.9. The molecule has 1 aromatic carbocycles. The summed E-state index contributed by atoms with van der Waals surface area (Å²) in [6.07, 6.45) is 3.35. The summed E-state index contributed by atoms with van der Waals surface area (Å²) in [6.45, 7) is 0.853. The second-order valence-electron chi connectivity index (χ2n) is 5.06. The van der Waals surface area contributed by atoms with Crippen molar-refractivity contribution in [3.63, 3.8) is 0 Å². The third kappa shape index (κ3) is 2.81. The van der Waals surface area contributed by atoms with Gasteiger partial charge in [0.15, 0.2) is 0 Å². The molecule has 104 valence electrons. The Hall–Kier alpha value is -1.13. The molecule has 0 spiro atoms. The molecule has 1 aliphatic heterocycles. The Labute approximate surface area is 131 Å². The van der Waals surface area contributed by atoms with Crippen LogP contribution in [0.4, 0.5) is 0 Å². The minimum atomic E-state index is 0.153. The first-order valence-corrected chi connectivity index (χ1v) is 8.53. The molecule has 3 rings (SSSR count). The summed E-state index contributed by atoms with van der Waals surface area (Å²) in [5.41, 5.74) is 2.04. The molecule has 0 saturated carbocycles. The quantitative estimate of drug-likeness (QED) is 0.756. The number of rotatable bonds is 2. The van der Waals surface area contributed by atoms with E-state index in [0.29, 0.717) is 0 Å². The molecule has 1 fully saturated rings. The van der Waals surface area contributed by atoms with Crippen molar-refractivity contribution in [1.82, 2.24) is 4.90 Å². The molecule has 2 nitrogen and oxygen atoms in total. The van der Waals surface area contributed by atoms with Crippen molar-refractivity contribution >= 4 is 33.2 Å². The number of piperidine rings is 1. The Bertz CT molecular complexity index is 596. The highest BCUT2D eigenvalue weighted by Gasteiger charge is 2.28. The second kappa shape index (κ2) is 6.10. The van der Waals surface area contributed by atoms with Gasteiger partial charge in [-0.05, 0) is 46.8 Å². The third-order valence-electron chi connectivity index (χ3n) is 3.76. The third-order valence-corrected chi connectivity index (χ3v) is 5.27. The first kappa shape index (κ1) is 13.8. The van der Waals surface area contributed by atoms with Crippen LogP contribution in [0, 0.1) is 0 Å². The highest BCUT2D eigenvalue weighted by molar-refractivity contribution is 9.11. The fourth-order valence-electron chi connectivity index (χ4n) is 2.78. The lowest BCUT2D eigenvalue weighted by Crippen LogP contribution is -2.38. The molecule has 0 radical (unpaired) electrons. The number of nitrogens with zero attached hydrogens (tertiary/aromatic N) is 1. The Kier molecular flexibility index (Phi) is 4.22. The van der Waals surface area contributed by atoms with Crippen molar-refractivity contribution in [2.75, 3.05) is 6.54 Å². The normalized spacial score (nSPS) is 19.1. The lowest BCUT2D eigenvalue weighted by molar-refractivity contribution is 0.0612. The van der Waals surface area contributed by atoms with Crippen LogP contribution in [0.3, 0.4) is 0 Å². The van der Waals surface area contributed by atoms with Gasteiger partial charge in [-0.15, -0.1) is 11.3 Å². The maximum absolute atomic E-state index is 12.7. The van der Waals surface area contributed by atoms with E-state index < -0.39 is 0 Å². The van der Waals surface area contributed by atoms with E-state index in [-0.39, 0.29) is 11.9 Å². The standard InChI is InChI=1S/C16H16BrNOS/c17-15-10-13(11-20-15)16(19)18-9-5-4-8-14(18)12-6-2-1-3-7-12/h1-3,6-7,10-11,14H,4-5,8-9H2. The van der Waals surface area contributed by atoms with Gasteiger partial charge < -0.3 is 4.90 Å². The van der Waals surface area contributed by atoms with Crippen molar-refractivity contribution in [2.24, 2.45) is 0 Å². The maximum Gasteiger partial charge on any atom is 0.255 e. The molecule has 1 saturated heterocycles. The Morgan fingerprint density at radius 2 is 2.05 bits per heavy atom. The SMILES string of the molecule is O=C(c1csc(Br)c1)N1CCCCC1c1ccccc1. The molecule has 2 aromatic rings. The van der Waals surface area contributed by atoms with Crippen molar-refractivity contribution < 1.29 is 4.79 Å². The van der Waals surface area contributed by atoms with Gasteiger partial charge in [0, 0.05) is 11.9 Å². The number of likely N-dealkylation sites (tertiary alicyclic amines) is 1. The van der Waals surface area contributed by atoms with Crippen molar-refractivity contribution in [2.45, 2.75) is 25.3 Å². The monoisotopic (exact) mass is 349 g/mol. The smallest absolute Gasteiger partial charge is 0.255 e. The van der Waals surface area contributed by atoms with E-state index >= 15 is 0 Å². The van der Waals surface area contributed by atoms with E-state index in [0.717, 1.165) is 28.7 Å². The molecule has 0 N–H and O–H groups in total. The highest BCUT2D eigenvalue weighted by Crippen LogP contribution is 2.33. The molecule has 1 atom stereocenters. The van der Waals surface area contributed by atoms with E-state index in [2.05, 4.69) is 28.1 Å². The van der Waals surface area contributed by atoms with Gasteiger partial charge in [0.05, 0.1) is 15.4 Å². The lowest BCUT2D eigenvalue weighted by atomic mass is 9.95. The number of benzene rings is 1. The van der Waals surface area contributed by atoms with E-state index in [9.17, 15) is 4.79 Å². The van der Waals surface area contributed by atoms with Crippen molar-refractivity contribution in [3.8, 4) is 0 Å². The minimum absolute atomic E-state index is 0.153. The first-order chi connectivity index (χ1) is 9.75. The average Bonchev–Trinajstić information content (AvgIpc) is 2.94. The number of hydrogen-bond donors (Lipinski definition) is 0. The summed E-state index contributed by atoms with van der Waals surface area (Å²) in [4.78, 5) is 14.7. The summed E-state index contributed by atoms with van der Waals surface area (Å²) >= 11 is 5.00. The van der Waals surface area contributed by atoms with Gasteiger partial charge in [-0.25, -0.2) is 0 Å². The number of hydrogen-bond acceptors (Lipinski definition) is 2. The summed E-state index contributed by atoms with van der Waals surface area (Å²) in [6, 6.07) is 12.5. The number of halogens is 1. The summed E-state index contributed by atoms with van der Waals surface area (Å²) < 4.78 is 1.01. The van der Waals surface area contributed by atoms with Crippen LogP contribution in [0.5, 0.6) is 0 Å². The second-order valence-corrected chi connectivity index (χ2v) is 7.35. The topological polar surface area (TPSA) is 20.3 Å². The molecular formula is C16H16BrNOS. The Balaban J connectivity index is 1.87. The maximum atomic E-state index is 12.7. The summed E-state index contributed by atoms with van der Waals surface area (Å²) in [5, 5.41) is 1.93. The van der Waals surface area contributed by atoms with Gasteiger partial charge in [-0.2, -0.15) is 0 Å². The number of carbonyl (C=O) groups excluding carboxylic acids is 1. The predicted octanol–water partition coefficient (Wildman–Crippen LogP) is 4.88. The van der Waals surface area contributed by atoms with Gasteiger partial charge in [0.1, 0.15) is 0 Å². The van der Waals surface area contributed by atoms with Crippen molar-refractivity contribution in [3.05, 3.63) is 56.7 Å². The molecule has 1 unspecified atom stereocenters. The van der Waals surface area contributed by atoms with Crippen molar-refractivity contribution in [1.29, 1.82) is 0 Å². The summed E-state index contributed by atoms with van der Waals surface area (Å²) in [5.74, 6) is 0.153. The van der Waals surface area contributed by atoms with Crippen LogP contribution in [0.15, 0.2) is 45.6 Å². The van der Waals surface area contributed by atoms with E-state index in [1.165, 1.54) is 12.0 Å². The van der Waals surface area contributed by atoms with Crippen LogP contribution in [0.25, 0.3) is 0 Å². The molecule has 20 heavy (non-hydrogen) atoms. The number of amides is 1. The molecule has 1 aliphatic rings. The fourth-order valence-corrected chi connectivity index (χ4v) is 3.91. The Morgan fingerprint density at radius 3 is 2.75 bits per heavy atom. The van der Waals surface area contributed by atoms with Gasteiger partial charge >= 0.3 is 0 Å². The zero-order chi connectivity index (χ0) is 13.9. The number of thiophene rings is 1. The zero-order valence-corrected chi connectivity index (χ0v) is 13.5. The molecule has 4 heteroatoms. The van der Waals surface area contributed by atoms with E-state index in [1.54, 1.807) is 11.3 Å². The molecular weight excluding hydrogens is 334 g/mol. The van der Waals surface area contributed by atoms with Crippen LogP contribution >= 0.6 is 27.3 Å². The summed E-state index contributed by atoms with van der Waals surface area (Å²) in [7, 11) is 0. The average molecular weight is 350 g/mol. The van der Waals surface area contributed by atoms with Crippen LogP contribution < -0.4 is 0 Å². The van der Waals surface area contributed by atoms with Gasteiger partial charge in [-0.1, -0.05) is 30.3 Å². The van der Waals surface area contributed by atoms with Gasteiger partial charge in [0.2, 0.25) is 0 Å². The molecule has 1 aromatic heterocycles. The van der Waals surface area contributed by atoms with E-state index in [4.69, 9.17) is 0 Å². The van der Waals surface area contributed by atoms with Crippen LogP contribution in [-0.4, -0.2) is 17.4 Å². The first-order valence-electron chi connectivity index (χ1n) is 6.85. The Morgan fingerprint density at radius 1 is 1.25 bits per heavy atom. The fraction of sp³-hybridized carbons (Fsp3) is 0.312. The molecule has 1 amide bonds. The van der Waals surface area contributed by atoms with Gasteiger partial charge in [0.25, 0.3) is 5.91 Å². The lowest BCUT2D eigenvalue weighted by Gasteiger charge is -2.36. The zero-order valence-electron chi connectivity index (χ0n) is 11.1. The largest absolute Gasteiger partial charge is 0.332 e. The predicted molar refractivity (Wildman–Crippen MR) is 86.1 cm³/mol. The molecule has 0 aliphatic carbocycles. The van der Waals surface area contributed by atoms with Crippen LogP contribution in [-0.2, 0) is 0 Å². The molecule has 0 bridgehead atoms. The van der Waals surface area contributed by atoms with E-state index in [1.807, 2.05) is 34.5 Å². The van der Waals surface area contributed by atoms with Crippen LogP contribution in [0.2, 0.25) is 0 Å².